The fourth-order valence-electron chi connectivity index (χ4n) is 2.22. The summed E-state index contributed by atoms with van der Waals surface area (Å²) in [5.74, 6) is 0.350. The van der Waals surface area contributed by atoms with Gasteiger partial charge < -0.3 is 9.64 Å². The average molecular weight is 311 g/mol. The molecule has 116 valence electrons. The number of nitrogens with zero attached hydrogens (tertiary/aromatic N) is 3. The lowest BCUT2D eigenvalue weighted by atomic mass is 10.2. The minimum Gasteiger partial charge on any atom is -0.444 e. The summed E-state index contributed by atoms with van der Waals surface area (Å²) >= 11 is 0. The van der Waals surface area contributed by atoms with E-state index in [4.69, 9.17) is 4.74 Å². The molecule has 1 amide bonds. The Bertz CT molecular complexity index is 516. The molecule has 1 aliphatic rings. The van der Waals surface area contributed by atoms with Gasteiger partial charge in [-0.15, -0.1) is 0 Å². The first-order chi connectivity index (χ1) is 9.87. The monoisotopic (exact) mass is 311 g/mol. The van der Waals surface area contributed by atoms with Gasteiger partial charge in [-0.3, -0.25) is 4.21 Å². The highest BCUT2D eigenvalue weighted by Gasteiger charge is 2.33. The molecule has 1 fully saturated rings. The Balaban J connectivity index is 1.99. The first-order valence-electron chi connectivity index (χ1n) is 7.02. The minimum absolute atomic E-state index is 0.0792. The van der Waals surface area contributed by atoms with E-state index in [0.29, 0.717) is 17.5 Å². The quantitative estimate of drug-likeness (QED) is 0.798. The molecule has 0 aliphatic carbocycles. The zero-order valence-corrected chi connectivity index (χ0v) is 13.4. The van der Waals surface area contributed by atoms with E-state index in [-0.39, 0.29) is 12.1 Å². The van der Waals surface area contributed by atoms with Gasteiger partial charge in [-0.1, -0.05) is 0 Å². The van der Waals surface area contributed by atoms with Crippen molar-refractivity contribution < 1.29 is 13.7 Å². The largest absolute Gasteiger partial charge is 0.444 e. The Hall–Kier alpha value is -1.50. The molecule has 1 saturated heterocycles. The molecular formula is C14H21N3O3S. The van der Waals surface area contributed by atoms with E-state index in [1.54, 1.807) is 23.4 Å². The minimum atomic E-state index is -1.31. The van der Waals surface area contributed by atoms with Gasteiger partial charge in [0.1, 0.15) is 5.60 Å². The maximum absolute atomic E-state index is 12.3. The summed E-state index contributed by atoms with van der Waals surface area (Å²) in [6.45, 7) is 6.16. The van der Waals surface area contributed by atoms with Crippen LogP contribution in [0.25, 0.3) is 0 Å². The van der Waals surface area contributed by atoms with E-state index in [2.05, 4.69) is 9.97 Å². The van der Waals surface area contributed by atoms with Gasteiger partial charge in [0.15, 0.2) is 0 Å². The second kappa shape index (κ2) is 6.51. The summed E-state index contributed by atoms with van der Waals surface area (Å²) in [6.07, 6.45) is 4.53. The van der Waals surface area contributed by atoms with Gasteiger partial charge in [-0.2, -0.15) is 0 Å². The molecule has 0 unspecified atom stereocenters. The molecule has 1 aromatic rings. The lowest BCUT2D eigenvalue weighted by molar-refractivity contribution is 0.0241. The molecule has 0 aromatic carbocycles. The van der Waals surface area contributed by atoms with Crippen LogP contribution in [0.1, 0.15) is 33.6 Å². The Labute approximate surface area is 127 Å². The summed E-state index contributed by atoms with van der Waals surface area (Å²) in [6, 6.07) is 1.60. The van der Waals surface area contributed by atoms with Crippen LogP contribution >= 0.6 is 0 Å². The maximum atomic E-state index is 12.3. The van der Waals surface area contributed by atoms with Crippen LogP contribution in [0.2, 0.25) is 0 Å². The Kier molecular flexibility index (Phi) is 4.92. The third-order valence-electron chi connectivity index (χ3n) is 3.09. The predicted octanol–water partition coefficient (Wildman–Crippen LogP) is 1.98. The normalized spacial score (nSPS) is 20.3. The van der Waals surface area contributed by atoms with Crippen molar-refractivity contribution in [2.45, 2.75) is 50.4 Å². The maximum Gasteiger partial charge on any atom is 0.410 e. The van der Waals surface area contributed by atoms with Crippen molar-refractivity contribution in [3.63, 3.8) is 0 Å². The van der Waals surface area contributed by atoms with Crippen molar-refractivity contribution in [3.8, 4) is 0 Å². The van der Waals surface area contributed by atoms with Crippen molar-refractivity contribution >= 4 is 16.9 Å². The zero-order valence-electron chi connectivity index (χ0n) is 12.6. The van der Waals surface area contributed by atoms with E-state index in [1.165, 1.54) is 0 Å². The Morgan fingerprint density at radius 2 is 2.10 bits per heavy atom. The number of ether oxygens (including phenoxy) is 1. The molecule has 2 heterocycles. The number of carbonyl (C=O) groups excluding carboxylic acids is 1. The molecule has 0 spiro atoms. The molecule has 6 nitrogen and oxygen atoms in total. The molecule has 0 bridgehead atoms. The fourth-order valence-corrected chi connectivity index (χ4v) is 3.42. The van der Waals surface area contributed by atoms with E-state index < -0.39 is 16.4 Å². The van der Waals surface area contributed by atoms with Gasteiger partial charge in [0.25, 0.3) is 0 Å². The summed E-state index contributed by atoms with van der Waals surface area (Å²) in [5.41, 5.74) is -0.522. The van der Waals surface area contributed by atoms with Gasteiger partial charge in [-0.25, -0.2) is 14.8 Å². The van der Waals surface area contributed by atoms with Crippen LogP contribution in [-0.2, 0) is 15.5 Å². The van der Waals surface area contributed by atoms with Crippen molar-refractivity contribution in [1.29, 1.82) is 0 Å². The van der Waals surface area contributed by atoms with E-state index in [0.717, 1.165) is 12.8 Å². The summed E-state index contributed by atoms with van der Waals surface area (Å²) in [5, 5.41) is 0.313. The number of hydrogen-bond acceptors (Lipinski definition) is 5. The van der Waals surface area contributed by atoms with Crippen LogP contribution in [0.15, 0.2) is 23.6 Å². The first-order valence-corrected chi connectivity index (χ1v) is 8.34. The standard InChI is InChI=1S/C14H21N3O3S/c1-14(2,3)20-13(18)17-9-4-6-11(17)10-21(19)12-15-7-5-8-16-12/h5,7-8,11H,4,6,9-10H2,1-3H3/t11-,21+/m1/s1. The second-order valence-electron chi connectivity index (χ2n) is 6.01. The lowest BCUT2D eigenvalue weighted by Gasteiger charge is -2.28. The van der Waals surface area contributed by atoms with Gasteiger partial charge in [0.2, 0.25) is 5.16 Å². The third-order valence-corrected chi connectivity index (χ3v) is 4.40. The van der Waals surface area contributed by atoms with Crippen LogP contribution in [0.3, 0.4) is 0 Å². The van der Waals surface area contributed by atoms with Gasteiger partial charge >= 0.3 is 6.09 Å². The van der Waals surface area contributed by atoms with Crippen molar-refractivity contribution in [3.05, 3.63) is 18.5 Å². The van der Waals surface area contributed by atoms with Crippen molar-refractivity contribution in [2.24, 2.45) is 0 Å². The van der Waals surface area contributed by atoms with Crippen LogP contribution in [0.4, 0.5) is 4.79 Å². The summed E-state index contributed by atoms with van der Waals surface area (Å²) < 4.78 is 17.7. The SMILES string of the molecule is CC(C)(C)OC(=O)N1CCC[C@@H]1C[S@](=O)c1ncccn1. The molecule has 21 heavy (non-hydrogen) atoms. The molecule has 2 atom stereocenters. The molecule has 2 rings (SSSR count). The van der Waals surface area contributed by atoms with E-state index >= 15 is 0 Å². The average Bonchev–Trinajstić information content (AvgIpc) is 2.86. The van der Waals surface area contributed by atoms with Crippen LogP contribution in [0, 0.1) is 0 Å². The number of amides is 1. The molecule has 0 N–H and O–H groups in total. The van der Waals surface area contributed by atoms with Gasteiger partial charge in [0.05, 0.1) is 16.6 Å². The fraction of sp³-hybridized carbons (Fsp3) is 0.643. The number of rotatable bonds is 3. The van der Waals surface area contributed by atoms with Gasteiger partial charge in [0, 0.05) is 25.0 Å². The topological polar surface area (TPSA) is 72.4 Å². The summed E-state index contributed by atoms with van der Waals surface area (Å²) in [4.78, 5) is 21.8. The highest BCUT2D eigenvalue weighted by molar-refractivity contribution is 7.84. The van der Waals surface area contributed by atoms with Crippen molar-refractivity contribution in [2.75, 3.05) is 12.3 Å². The van der Waals surface area contributed by atoms with Crippen LogP contribution < -0.4 is 0 Å². The Morgan fingerprint density at radius 1 is 1.43 bits per heavy atom. The van der Waals surface area contributed by atoms with E-state index in [1.807, 2.05) is 20.8 Å². The van der Waals surface area contributed by atoms with Crippen molar-refractivity contribution in [1.82, 2.24) is 14.9 Å². The number of hydrogen-bond donors (Lipinski definition) is 0. The number of carbonyl (C=O) groups is 1. The second-order valence-corrected chi connectivity index (χ2v) is 7.40. The molecule has 1 aromatic heterocycles. The number of aromatic nitrogens is 2. The van der Waals surface area contributed by atoms with Crippen LogP contribution in [-0.4, -0.2) is 49.1 Å². The predicted molar refractivity (Wildman–Crippen MR) is 79.3 cm³/mol. The third kappa shape index (κ3) is 4.49. The number of likely N-dealkylation sites (tertiary alicyclic amines) is 1. The molecule has 1 aliphatic heterocycles. The highest BCUT2D eigenvalue weighted by atomic mass is 32.2. The molecular weight excluding hydrogens is 290 g/mol. The van der Waals surface area contributed by atoms with Gasteiger partial charge in [-0.05, 0) is 39.7 Å². The van der Waals surface area contributed by atoms with Crippen LogP contribution in [0.5, 0.6) is 0 Å². The zero-order chi connectivity index (χ0) is 15.5. The highest BCUT2D eigenvalue weighted by Crippen LogP contribution is 2.22. The molecule has 0 saturated carbocycles. The molecule has 7 heteroatoms. The Morgan fingerprint density at radius 3 is 2.71 bits per heavy atom. The lowest BCUT2D eigenvalue weighted by Crippen LogP contribution is -2.42. The molecule has 0 radical (unpaired) electrons. The smallest absolute Gasteiger partial charge is 0.410 e. The van der Waals surface area contributed by atoms with E-state index in [9.17, 15) is 9.00 Å². The summed E-state index contributed by atoms with van der Waals surface area (Å²) in [7, 11) is -1.31. The first kappa shape index (κ1) is 15.9.